The molecule has 0 aromatic heterocycles. The lowest BCUT2D eigenvalue weighted by Crippen LogP contribution is -2.43. The predicted octanol–water partition coefficient (Wildman–Crippen LogP) is 4.13. The lowest BCUT2D eigenvalue weighted by Gasteiger charge is -2.35. The molecule has 2 nitrogen and oxygen atoms in total. The minimum absolute atomic E-state index is 0.396. The van der Waals surface area contributed by atoms with Crippen molar-refractivity contribution in [1.82, 2.24) is 4.90 Å². The summed E-state index contributed by atoms with van der Waals surface area (Å²) in [6.07, 6.45) is 4.95. The molecule has 1 heterocycles. The van der Waals surface area contributed by atoms with E-state index < -0.39 is 0 Å². The molecule has 0 N–H and O–H groups in total. The van der Waals surface area contributed by atoms with Crippen molar-refractivity contribution in [1.29, 1.82) is 0 Å². The van der Waals surface area contributed by atoms with Crippen LogP contribution in [0.15, 0.2) is 42.0 Å². The van der Waals surface area contributed by atoms with Crippen LogP contribution in [0.2, 0.25) is 0 Å². The molecule has 20 heavy (non-hydrogen) atoms. The summed E-state index contributed by atoms with van der Waals surface area (Å²) in [5.41, 5.74) is 1.37. The fourth-order valence-corrected chi connectivity index (χ4v) is 2.70. The van der Waals surface area contributed by atoms with Crippen molar-refractivity contribution in [3.8, 4) is 5.75 Å². The zero-order valence-electron chi connectivity index (χ0n) is 13.0. The molecule has 1 aromatic carbocycles. The Labute approximate surface area is 123 Å². The van der Waals surface area contributed by atoms with Crippen LogP contribution in [0.5, 0.6) is 5.75 Å². The molecule has 0 aliphatic carbocycles. The van der Waals surface area contributed by atoms with Crippen molar-refractivity contribution in [2.24, 2.45) is 5.92 Å². The summed E-state index contributed by atoms with van der Waals surface area (Å²) in [6, 6.07) is 10.5. The number of hydrogen-bond donors (Lipinski definition) is 0. The smallest absolute Gasteiger partial charge is 0.119 e. The first-order valence-corrected chi connectivity index (χ1v) is 7.72. The highest BCUT2D eigenvalue weighted by atomic mass is 16.5. The van der Waals surface area contributed by atoms with Crippen molar-refractivity contribution >= 4 is 0 Å². The minimum Gasteiger partial charge on any atom is -0.492 e. The summed E-state index contributed by atoms with van der Waals surface area (Å²) in [4.78, 5) is 2.57. The number of rotatable bonds is 5. The largest absolute Gasteiger partial charge is 0.492 e. The number of piperidine rings is 1. The third-order valence-electron chi connectivity index (χ3n) is 3.98. The van der Waals surface area contributed by atoms with E-state index in [1.54, 1.807) is 0 Å². The summed E-state index contributed by atoms with van der Waals surface area (Å²) in [6.45, 7) is 9.81. The first kappa shape index (κ1) is 15.1. The van der Waals surface area contributed by atoms with Crippen molar-refractivity contribution < 1.29 is 4.74 Å². The zero-order valence-corrected chi connectivity index (χ0v) is 13.0. The van der Waals surface area contributed by atoms with Crippen molar-refractivity contribution in [2.75, 3.05) is 19.7 Å². The fraction of sp³-hybridized carbons (Fsp3) is 0.556. The number of benzene rings is 1. The second kappa shape index (κ2) is 7.49. The third-order valence-corrected chi connectivity index (χ3v) is 3.98. The quantitative estimate of drug-likeness (QED) is 0.748. The van der Waals surface area contributed by atoms with Gasteiger partial charge in [-0.2, -0.15) is 0 Å². The highest BCUT2D eigenvalue weighted by molar-refractivity contribution is 5.21. The van der Waals surface area contributed by atoms with Gasteiger partial charge >= 0.3 is 0 Å². The summed E-state index contributed by atoms with van der Waals surface area (Å²) >= 11 is 0. The van der Waals surface area contributed by atoms with E-state index in [1.807, 2.05) is 30.3 Å². The van der Waals surface area contributed by atoms with Crippen molar-refractivity contribution in [3.05, 3.63) is 42.0 Å². The van der Waals surface area contributed by atoms with Gasteiger partial charge in [0.25, 0.3) is 0 Å². The van der Waals surface area contributed by atoms with Gasteiger partial charge in [-0.1, -0.05) is 36.8 Å². The monoisotopic (exact) mass is 273 g/mol. The van der Waals surface area contributed by atoms with Crippen LogP contribution in [-0.2, 0) is 0 Å². The fourth-order valence-electron chi connectivity index (χ4n) is 2.70. The first-order valence-electron chi connectivity index (χ1n) is 7.72. The second-order valence-electron chi connectivity index (χ2n) is 6.15. The molecule has 0 bridgehead atoms. The molecule has 2 heteroatoms. The number of nitrogens with zero attached hydrogens (tertiary/aromatic N) is 1. The highest BCUT2D eigenvalue weighted by Crippen LogP contribution is 2.20. The first-order chi connectivity index (χ1) is 9.65. The van der Waals surface area contributed by atoms with Crippen LogP contribution in [0.1, 0.15) is 33.6 Å². The van der Waals surface area contributed by atoms with Gasteiger partial charge in [0.1, 0.15) is 12.4 Å². The van der Waals surface area contributed by atoms with Crippen LogP contribution in [0.3, 0.4) is 0 Å². The van der Waals surface area contributed by atoms with Gasteiger partial charge in [0.05, 0.1) is 6.04 Å². The lowest BCUT2D eigenvalue weighted by molar-refractivity contribution is 0.122. The molecule has 1 atom stereocenters. The molecule has 0 spiro atoms. The molecule has 110 valence electrons. The number of hydrogen-bond acceptors (Lipinski definition) is 2. The third kappa shape index (κ3) is 4.68. The second-order valence-corrected chi connectivity index (χ2v) is 6.15. The molecule has 0 saturated carbocycles. The Kier molecular flexibility index (Phi) is 5.66. The molecule has 1 aromatic rings. The molecular weight excluding hydrogens is 246 g/mol. The molecule has 2 rings (SSSR count). The average molecular weight is 273 g/mol. The van der Waals surface area contributed by atoms with Gasteiger partial charge in [-0.25, -0.2) is 0 Å². The van der Waals surface area contributed by atoms with E-state index in [4.69, 9.17) is 4.74 Å². The van der Waals surface area contributed by atoms with Crippen molar-refractivity contribution in [2.45, 2.75) is 39.7 Å². The standard InChI is InChI=1S/C18H27NO/c1-15(2)13-17(19-11-9-16(3)10-12-19)14-20-18-7-5-4-6-8-18/h4-8,13,16-17H,9-12,14H2,1-3H3. The Hall–Kier alpha value is -1.28. The summed E-state index contributed by atoms with van der Waals surface area (Å²) in [7, 11) is 0. The molecule has 1 aliphatic rings. The van der Waals surface area contributed by atoms with Crippen LogP contribution in [0, 0.1) is 5.92 Å². The van der Waals surface area contributed by atoms with Gasteiger partial charge in [-0.15, -0.1) is 0 Å². The van der Waals surface area contributed by atoms with Gasteiger partial charge in [0, 0.05) is 0 Å². The molecule has 1 unspecified atom stereocenters. The Morgan fingerprint density at radius 3 is 2.50 bits per heavy atom. The van der Waals surface area contributed by atoms with Crippen molar-refractivity contribution in [3.63, 3.8) is 0 Å². The molecule has 0 amide bonds. The van der Waals surface area contributed by atoms with Gasteiger partial charge in [0.2, 0.25) is 0 Å². The number of ether oxygens (including phenoxy) is 1. The Bertz CT molecular complexity index is 414. The van der Waals surface area contributed by atoms with E-state index in [1.165, 1.54) is 31.5 Å². The van der Waals surface area contributed by atoms with Gasteiger partial charge in [0.15, 0.2) is 0 Å². The van der Waals surface area contributed by atoms with E-state index in [0.29, 0.717) is 6.04 Å². The van der Waals surface area contributed by atoms with Crippen LogP contribution in [-0.4, -0.2) is 30.6 Å². The van der Waals surface area contributed by atoms with E-state index >= 15 is 0 Å². The van der Waals surface area contributed by atoms with Crippen LogP contribution >= 0.6 is 0 Å². The van der Waals surface area contributed by atoms with E-state index in [9.17, 15) is 0 Å². The summed E-state index contributed by atoms with van der Waals surface area (Å²) < 4.78 is 5.96. The van der Waals surface area contributed by atoms with Gasteiger partial charge in [-0.05, 0) is 57.8 Å². The summed E-state index contributed by atoms with van der Waals surface area (Å²) in [5.74, 6) is 1.83. The van der Waals surface area contributed by atoms with E-state index in [0.717, 1.165) is 18.3 Å². The summed E-state index contributed by atoms with van der Waals surface area (Å²) in [5, 5.41) is 0. The van der Waals surface area contributed by atoms with Crippen LogP contribution in [0.4, 0.5) is 0 Å². The van der Waals surface area contributed by atoms with Crippen LogP contribution < -0.4 is 4.74 Å². The normalized spacial score (nSPS) is 18.6. The zero-order chi connectivity index (χ0) is 14.4. The Balaban J connectivity index is 1.95. The number of likely N-dealkylation sites (tertiary alicyclic amines) is 1. The maximum Gasteiger partial charge on any atom is 0.119 e. The maximum atomic E-state index is 5.96. The molecule has 1 saturated heterocycles. The number of allylic oxidation sites excluding steroid dienone is 1. The lowest BCUT2D eigenvalue weighted by atomic mass is 9.97. The average Bonchev–Trinajstić information content (AvgIpc) is 2.45. The Morgan fingerprint density at radius 2 is 1.90 bits per heavy atom. The minimum atomic E-state index is 0.396. The SMILES string of the molecule is CC(C)=CC(COc1ccccc1)N1CCC(C)CC1. The highest BCUT2D eigenvalue weighted by Gasteiger charge is 2.22. The van der Waals surface area contributed by atoms with E-state index in [2.05, 4.69) is 31.7 Å². The van der Waals surface area contributed by atoms with Gasteiger partial charge < -0.3 is 4.74 Å². The topological polar surface area (TPSA) is 12.5 Å². The number of para-hydroxylation sites is 1. The van der Waals surface area contributed by atoms with E-state index in [-0.39, 0.29) is 0 Å². The van der Waals surface area contributed by atoms with Crippen LogP contribution in [0.25, 0.3) is 0 Å². The molecular formula is C18H27NO. The molecule has 1 aliphatic heterocycles. The molecule has 1 fully saturated rings. The molecule has 0 radical (unpaired) electrons. The van der Waals surface area contributed by atoms with Gasteiger partial charge in [-0.3, -0.25) is 4.90 Å². The maximum absolute atomic E-state index is 5.96. The Morgan fingerprint density at radius 1 is 1.25 bits per heavy atom. The predicted molar refractivity (Wildman–Crippen MR) is 85.1 cm³/mol.